The molecule has 0 unspecified atom stereocenters. The molecule has 2 aromatic carbocycles. The highest BCUT2D eigenvalue weighted by atomic mass is 35.5. The highest BCUT2D eigenvalue weighted by molar-refractivity contribution is 7.89. The minimum atomic E-state index is -3.73. The molecule has 3 aromatic rings. The molecule has 1 saturated heterocycles. The van der Waals surface area contributed by atoms with Gasteiger partial charge in [0, 0.05) is 24.0 Å². The molecule has 1 fully saturated rings. The van der Waals surface area contributed by atoms with Gasteiger partial charge in [-0.05, 0) is 30.7 Å². The Kier molecular flexibility index (Phi) is 6.92. The second kappa shape index (κ2) is 9.68. The van der Waals surface area contributed by atoms with Crippen LogP contribution in [0.5, 0.6) is 0 Å². The normalized spacial score (nSPS) is 14.9. The zero-order valence-corrected chi connectivity index (χ0v) is 19.8. The molecular weight excluding hydrogens is 470 g/mol. The average molecular weight is 492 g/mol. The quantitative estimate of drug-likeness (QED) is 0.567. The summed E-state index contributed by atoms with van der Waals surface area (Å²) in [6, 6.07) is 12.1. The van der Waals surface area contributed by atoms with Gasteiger partial charge in [0.1, 0.15) is 5.01 Å². The maximum Gasteiger partial charge on any atom is 0.253 e. The number of hydrogen-bond acceptors (Lipinski definition) is 6. The van der Waals surface area contributed by atoms with Crippen LogP contribution in [0.2, 0.25) is 5.02 Å². The molecule has 0 bridgehead atoms. The Bertz CT molecular complexity index is 1240. The first-order valence-electron chi connectivity index (χ1n) is 10.0. The van der Waals surface area contributed by atoms with Gasteiger partial charge >= 0.3 is 0 Å². The van der Waals surface area contributed by atoms with Gasteiger partial charge in [0.15, 0.2) is 0 Å². The molecule has 1 aliphatic heterocycles. The molecule has 1 aliphatic rings. The predicted molar refractivity (Wildman–Crippen MR) is 124 cm³/mol. The van der Waals surface area contributed by atoms with Gasteiger partial charge in [-0.1, -0.05) is 35.9 Å². The van der Waals surface area contributed by atoms with Crippen molar-refractivity contribution in [2.24, 2.45) is 0 Å². The lowest BCUT2D eigenvalue weighted by Gasteiger charge is -2.26. The van der Waals surface area contributed by atoms with Gasteiger partial charge in [-0.15, -0.1) is 11.3 Å². The molecule has 168 valence electrons. The third-order valence-electron chi connectivity index (χ3n) is 5.15. The van der Waals surface area contributed by atoms with Gasteiger partial charge in [0.05, 0.1) is 40.9 Å². The number of nitrogens with one attached hydrogen (secondary N) is 1. The lowest BCUT2D eigenvalue weighted by atomic mass is 10.1. The Labute approximate surface area is 196 Å². The number of benzene rings is 2. The monoisotopic (exact) mass is 491 g/mol. The topological polar surface area (TPSA) is 88.6 Å². The molecule has 0 aliphatic carbocycles. The molecule has 4 rings (SSSR count). The van der Waals surface area contributed by atoms with Crippen LogP contribution in [0.25, 0.3) is 10.6 Å². The number of halogens is 1. The number of morpholine rings is 1. The van der Waals surface area contributed by atoms with Crippen LogP contribution < -0.4 is 5.32 Å². The minimum Gasteiger partial charge on any atom is -0.379 e. The van der Waals surface area contributed by atoms with Gasteiger partial charge in [0.25, 0.3) is 5.91 Å². The van der Waals surface area contributed by atoms with E-state index in [1.807, 2.05) is 36.6 Å². The Hall–Kier alpha value is -2.30. The lowest BCUT2D eigenvalue weighted by molar-refractivity contribution is 0.0730. The number of rotatable bonds is 6. The summed E-state index contributed by atoms with van der Waals surface area (Å²) in [4.78, 5) is 17.4. The van der Waals surface area contributed by atoms with Crippen molar-refractivity contribution in [2.45, 2.75) is 18.4 Å². The van der Waals surface area contributed by atoms with Crippen LogP contribution in [0, 0.1) is 6.92 Å². The molecule has 0 radical (unpaired) electrons. The number of sulfonamides is 1. The lowest BCUT2D eigenvalue weighted by Crippen LogP contribution is -2.40. The van der Waals surface area contributed by atoms with E-state index < -0.39 is 15.9 Å². The summed E-state index contributed by atoms with van der Waals surface area (Å²) in [5.74, 6) is -0.459. The first-order valence-corrected chi connectivity index (χ1v) is 12.7. The SMILES string of the molecule is Cc1ccccc1-c1nc(CNC(=O)c2cc(S(=O)(=O)N3CCOCC3)ccc2Cl)cs1. The van der Waals surface area contributed by atoms with Crippen LogP contribution in [0.3, 0.4) is 0 Å². The number of ether oxygens (including phenoxy) is 1. The van der Waals surface area contributed by atoms with Gasteiger partial charge in [-0.25, -0.2) is 13.4 Å². The van der Waals surface area contributed by atoms with E-state index in [4.69, 9.17) is 16.3 Å². The first kappa shape index (κ1) is 22.9. The smallest absolute Gasteiger partial charge is 0.253 e. The molecule has 2 heterocycles. The summed E-state index contributed by atoms with van der Waals surface area (Å²) in [5, 5.41) is 5.74. The van der Waals surface area contributed by atoms with Gasteiger partial charge < -0.3 is 10.1 Å². The van der Waals surface area contributed by atoms with Crippen molar-refractivity contribution in [3.63, 3.8) is 0 Å². The van der Waals surface area contributed by atoms with E-state index in [9.17, 15) is 13.2 Å². The maximum atomic E-state index is 12.9. The summed E-state index contributed by atoms with van der Waals surface area (Å²) >= 11 is 7.71. The van der Waals surface area contributed by atoms with Crippen LogP contribution in [0.15, 0.2) is 52.7 Å². The summed E-state index contributed by atoms with van der Waals surface area (Å²) in [6.07, 6.45) is 0. The number of aromatic nitrogens is 1. The zero-order chi connectivity index (χ0) is 22.7. The summed E-state index contributed by atoms with van der Waals surface area (Å²) in [6.45, 7) is 3.48. The summed E-state index contributed by atoms with van der Waals surface area (Å²) in [5.41, 5.74) is 3.01. The number of thiazole rings is 1. The number of amides is 1. The van der Waals surface area contributed by atoms with Crippen LogP contribution >= 0.6 is 22.9 Å². The second-order valence-electron chi connectivity index (χ2n) is 7.30. The summed E-state index contributed by atoms with van der Waals surface area (Å²) < 4.78 is 32.4. The van der Waals surface area contributed by atoms with Crippen LogP contribution in [-0.4, -0.2) is 49.9 Å². The zero-order valence-electron chi connectivity index (χ0n) is 17.4. The number of aryl methyl sites for hydroxylation is 1. The van der Waals surface area contributed by atoms with Crippen LogP contribution in [-0.2, 0) is 21.3 Å². The van der Waals surface area contributed by atoms with E-state index >= 15 is 0 Å². The molecule has 0 spiro atoms. The number of carbonyl (C=O) groups excluding carboxylic acids is 1. The number of carbonyl (C=O) groups is 1. The van der Waals surface area contributed by atoms with E-state index in [2.05, 4.69) is 10.3 Å². The molecule has 7 nitrogen and oxygen atoms in total. The van der Waals surface area contributed by atoms with Crippen molar-refractivity contribution < 1.29 is 17.9 Å². The van der Waals surface area contributed by atoms with Gasteiger partial charge in [-0.3, -0.25) is 4.79 Å². The molecule has 1 aromatic heterocycles. The third-order valence-corrected chi connectivity index (χ3v) is 8.30. The minimum absolute atomic E-state index is 0.0319. The van der Waals surface area contributed by atoms with Crippen molar-refractivity contribution in [1.82, 2.24) is 14.6 Å². The van der Waals surface area contributed by atoms with E-state index in [0.29, 0.717) is 13.2 Å². The number of nitrogens with zero attached hydrogens (tertiary/aromatic N) is 2. The summed E-state index contributed by atoms with van der Waals surface area (Å²) in [7, 11) is -3.73. The molecule has 1 N–H and O–H groups in total. The Morgan fingerprint density at radius 1 is 1.22 bits per heavy atom. The molecule has 0 atom stereocenters. The molecule has 10 heteroatoms. The van der Waals surface area contributed by atoms with Gasteiger partial charge in [-0.2, -0.15) is 4.31 Å². The highest BCUT2D eigenvalue weighted by Gasteiger charge is 2.27. The van der Waals surface area contributed by atoms with Crippen LogP contribution in [0.1, 0.15) is 21.6 Å². The standard InChI is InChI=1S/C22H22ClN3O4S2/c1-15-4-2-3-5-18(15)22-25-16(14-31-22)13-24-21(27)19-12-17(6-7-20(19)23)32(28,29)26-8-10-30-11-9-26/h2-7,12,14H,8-11,13H2,1H3,(H,24,27). The molecule has 32 heavy (non-hydrogen) atoms. The highest BCUT2D eigenvalue weighted by Crippen LogP contribution is 2.27. The average Bonchev–Trinajstić information content (AvgIpc) is 3.27. The molecular formula is C22H22ClN3O4S2. The third kappa shape index (κ3) is 4.87. The van der Waals surface area contributed by atoms with E-state index in [0.717, 1.165) is 21.8 Å². The van der Waals surface area contributed by atoms with Crippen molar-refractivity contribution >= 4 is 38.9 Å². The second-order valence-corrected chi connectivity index (χ2v) is 10.5. The fourth-order valence-electron chi connectivity index (χ4n) is 3.37. The van der Waals surface area contributed by atoms with E-state index in [1.165, 1.54) is 33.8 Å². The molecule has 0 saturated carbocycles. The van der Waals surface area contributed by atoms with Crippen molar-refractivity contribution in [2.75, 3.05) is 26.3 Å². The Morgan fingerprint density at radius 2 is 1.97 bits per heavy atom. The predicted octanol–water partition coefficient (Wildman–Crippen LogP) is 3.72. The fraction of sp³-hybridized carbons (Fsp3) is 0.273. The van der Waals surface area contributed by atoms with Crippen molar-refractivity contribution in [1.29, 1.82) is 0 Å². The van der Waals surface area contributed by atoms with Crippen LogP contribution in [0.4, 0.5) is 0 Å². The number of hydrogen-bond donors (Lipinski definition) is 1. The maximum absolute atomic E-state index is 12.9. The Balaban J connectivity index is 1.48. The molecule has 1 amide bonds. The van der Waals surface area contributed by atoms with Crippen molar-refractivity contribution in [3.8, 4) is 10.6 Å². The van der Waals surface area contributed by atoms with Crippen molar-refractivity contribution in [3.05, 3.63) is 69.7 Å². The fourth-order valence-corrected chi connectivity index (χ4v) is 5.91. The first-order chi connectivity index (χ1) is 15.4. The van der Waals surface area contributed by atoms with Gasteiger partial charge in [0.2, 0.25) is 10.0 Å². The van der Waals surface area contributed by atoms with E-state index in [1.54, 1.807) is 0 Å². The largest absolute Gasteiger partial charge is 0.379 e. The Morgan fingerprint density at radius 3 is 2.72 bits per heavy atom. The van der Waals surface area contributed by atoms with E-state index in [-0.39, 0.29) is 35.1 Å².